The fourth-order valence-corrected chi connectivity index (χ4v) is 4.87. The fraction of sp³-hybridized carbons (Fsp3) is 0.400. The second kappa shape index (κ2) is 9.75. The topological polar surface area (TPSA) is 122 Å². The van der Waals surface area contributed by atoms with E-state index in [0.717, 1.165) is 25.2 Å². The number of carbonyl (C=O) groups is 2. The molecule has 5 rings (SSSR count). The number of hydrogen-bond acceptors (Lipinski definition) is 7. The van der Waals surface area contributed by atoms with Gasteiger partial charge in [-0.1, -0.05) is 0 Å². The summed E-state index contributed by atoms with van der Waals surface area (Å²) in [6.45, 7) is 0.516. The summed E-state index contributed by atoms with van der Waals surface area (Å²) in [6.07, 6.45) is 4.75. The van der Waals surface area contributed by atoms with Crippen molar-refractivity contribution in [2.24, 2.45) is 5.92 Å². The monoisotopic (exact) mass is 512 g/mol. The van der Waals surface area contributed by atoms with Crippen LogP contribution < -0.4 is 14.8 Å². The third kappa shape index (κ3) is 4.83. The van der Waals surface area contributed by atoms with Gasteiger partial charge in [0.05, 0.1) is 38.9 Å². The number of aromatic amines is 1. The van der Waals surface area contributed by atoms with Crippen LogP contribution >= 0.6 is 0 Å². The Balaban J connectivity index is 1.24. The van der Waals surface area contributed by atoms with Gasteiger partial charge in [0, 0.05) is 35.7 Å². The highest BCUT2D eigenvalue weighted by Crippen LogP contribution is 2.50. The van der Waals surface area contributed by atoms with E-state index in [4.69, 9.17) is 9.47 Å². The number of likely N-dealkylation sites (tertiary alicyclic amines) is 1. The maximum absolute atomic E-state index is 14.3. The number of carbonyl (C=O) groups excluding carboxylic acids is 2. The molecule has 0 radical (unpaired) electrons. The van der Waals surface area contributed by atoms with Crippen molar-refractivity contribution < 1.29 is 27.8 Å². The zero-order valence-electron chi connectivity index (χ0n) is 20.4. The van der Waals surface area contributed by atoms with Crippen molar-refractivity contribution in [1.29, 1.82) is 0 Å². The van der Waals surface area contributed by atoms with Gasteiger partial charge in [0.25, 0.3) is 5.91 Å². The van der Waals surface area contributed by atoms with E-state index in [1.54, 1.807) is 4.90 Å². The van der Waals surface area contributed by atoms with Gasteiger partial charge in [-0.15, -0.1) is 0 Å². The predicted octanol–water partition coefficient (Wildman–Crippen LogP) is 2.86. The van der Waals surface area contributed by atoms with Gasteiger partial charge in [-0.2, -0.15) is 5.10 Å². The van der Waals surface area contributed by atoms with E-state index < -0.39 is 11.6 Å². The molecule has 2 aliphatic rings. The van der Waals surface area contributed by atoms with E-state index >= 15 is 0 Å². The van der Waals surface area contributed by atoms with Gasteiger partial charge < -0.3 is 19.7 Å². The molecule has 1 saturated heterocycles. The highest BCUT2D eigenvalue weighted by Gasteiger charge is 2.54. The number of nitrogens with one attached hydrogen (secondary N) is 2. The smallest absolute Gasteiger partial charge is 0.272 e. The first-order valence-corrected chi connectivity index (χ1v) is 11.9. The van der Waals surface area contributed by atoms with Crippen LogP contribution in [-0.4, -0.2) is 63.2 Å². The maximum Gasteiger partial charge on any atom is 0.272 e. The SMILES string of the molecule is COc1cc(-c2cc(C(=O)N3CC[C@H](C(=O)NCc4ncc(F)cc4OC)CC34CC4)[nH]n2)c(F)cn1. The summed E-state index contributed by atoms with van der Waals surface area (Å²) in [6, 6.07) is 4.15. The third-order valence-electron chi connectivity index (χ3n) is 7.01. The highest BCUT2D eigenvalue weighted by atomic mass is 19.1. The molecule has 1 atom stereocenters. The second-order valence-electron chi connectivity index (χ2n) is 9.26. The lowest BCUT2D eigenvalue weighted by atomic mass is 9.88. The molecule has 4 heterocycles. The average molecular weight is 513 g/mol. The van der Waals surface area contributed by atoms with E-state index in [0.29, 0.717) is 25.1 Å². The first-order valence-electron chi connectivity index (χ1n) is 11.9. The van der Waals surface area contributed by atoms with Crippen LogP contribution in [0.2, 0.25) is 0 Å². The van der Waals surface area contributed by atoms with Crippen molar-refractivity contribution >= 4 is 11.8 Å². The van der Waals surface area contributed by atoms with Crippen molar-refractivity contribution in [3.05, 3.63) is 53.6 Å². The molecule has 1 aliphatic heterocycles. The molecule has 2 N–H and O–H groups in total. The van der Waals surface area contributed by atoms with Crippen molar-refractivity contribution in [1.82, 2.24) is 30.4 Å². The number of hydrogen-bond donors (Lipinski definition) is 2. The second-order valence-corrected chi connectivity index (χ2v) is 9.26. The fourth-order valence-electron chi connectivity index (χ4n) is 4.87. The van der Waals surface area contributed by atoms with Gasteiger partial charge in [-0.3, -0.25) is 19.7 Å². The first-order chi connectivity index (χ1) is 17.8. The van der Waals surface area contributed by atoms with Crippen LogP contribution in [0.25, 0.3) is 11.3 Å². The van der Waals surface area contributed by atoms with E-state index in [1.165, 1.54) is 32.4 Å². The molecule has 1 saturated carbocycles. The predicted molar refractivity (Wildman–Crippen MR) is 127 cm³/mol. The number of piperidine rings is 1. The van der Waals surface area contributed by atoms with Crippen molar-refractivity contribution in [3.8, 4) is 22.9 Å². The van der Waals surface area contributed by atoms with Crippen molar-refractivity contribution in [2.45, 2.75) is 37.8 Å². The zero-order chi connectivity index (χ0) is 26.2. The minimum Gasteiger partial charge on any atom is -0.495 e. The minimum absolute atomic E-state index is 0.113. The Labute approximate surface area is 211 Å². The van der Waals surface area contributed by atoms with Crippen LogP contribution in [0.3, 0.4) is 0 Å². The summed E-state index contributed by atoms with van der Waals surface area (Å²) in [7, 11) is 2.84. The van der Waals surface area contributed by atoms with Gasteiger partial charge in [0.2, 0.25) is 11.8 Å². The summed E-state index contributed by atoms with van der Waals surface area (Å²) >= 11 is 0. The molecule has 0 unspecified atom stereocenters. The van der Waals surface area contributed by atoms with E-state index in [2.05, 4.69) is 25.5 Å². The Morgan fingerprint density at radius 2 is 1.97 bits per heavy atom. The van der Waals surface area contributed by atoms with Gasteiger partial charge in [-0.05, 0) is 31.7 Å². The van der Waals surface area contributed by atoms with E-state index in [9.17, 15) is 18.4 Å². The van der Waals surface area contributed by atoms with E-state index in [-0.39, 0.29) is 58.4 Å². The van der Waals surface area contributed by atoms with E-state index in [1.807, 2.05) is 0 Å². The average Bonchev–Trinajstić information content (AvgIpc) is 3.48. The molecule has 194 valence electrons. The number of methoxy groups -OCH3 is 2. The van der Waals surface area contributed by atoms with Gasteiger partial charge in [0.1, 0.15) is 23.0 Å². The Hall–Kier alpha value is -4.09. The van der Waals surface area contributed by atoms with Crippen molar-refractivity contribution in [3.63, 3.8) is 0 Å². The van der Waals surface area contributed by atoms with Gasteiger partial charge >= 0.3 is 0 Å². The molecule has 0 bridgehead atoms. The standard InChI is InChI=1S/C25H26F2N6O4/c1-36-21-7-15(26)11-28-20(21)13-30-23(34)14-3-6-33(25(10-14)4-5-25)24(35)19-9-18(31-32-19)16-8-22(37-2)29-12-17(16)27/h7-9,11-12,14H,3-6,10,13H2,1-2H3,(H,30,34)(H,31,32)/t14-/m0/s1. The number of H-pyrrole nitrogens is 1. The molecule has 3 aromatic heterocycles. The molecule has 0 aromatic carbocycles. The maximum atomic E-state index is 14.3. The minimum atomic E-state index is -0.578. The molecule has 1 aliphatic carbocycles. The summed E-state index contributed by atoms with van der Waals surface area (Å²) in [5.74, 6) is -1.25. The lowest BCUT2D eigenvalue weighted by molar-refractivity contribution is -0.127. The lowest BCUT2D eigenvalue weighted by Gasteiger charge is -2.39. The van der Waals surface area contributed by atoms with Crippen LogP contribution in [0.5, 0.6) is 11.6 Å². The normalized spacial score (nSPS) is 17.9. The molecule has 2 fully saturated rings. The van der Waals surface area contributed by atoms with Crippen LogP contribution in [-0.2, 0) is 11.3 Å². The first kappa shape index (κ1) is 24.6. The third-order valence-corrected chi connectivity index (χ3v) is 7.01. The molecular formula is C25H26F2N6O4. The lowest BCUT2D eigenvalue weighted by Crippen LogP contribution is -2.50. The molecule has 10 nitrogen and oxygen atoms in total. The number of nitrogens with zero attached hydrogens (tertiary/aromatic N) is 4. The van der Waals surface area contributed by atoms with Crippen LogP contribution in [0.1, 0.15) is 41.9 Å². The number of ether oxygens (including phenoxy) is 2. The largest absolute Gasteiger partial charge is 0.495 e. The summed E-state index contributed by atoms with van der Waals surface area (Å²) < 4.78 is 37.9. The molecule has 12 heteroatoms. The van der Waals surface area contributed by atoms with Gasteiger partial charge in [0.15, 0.2) is 5.82 Å². The Morgan fingerprint density at radius 1 is 1.16 bits per heavy atom. The van der Waals surface area contributed by atoms with Crippen LogP contribution in [0.4, 0.5) is 8.78 Å². The molecular weight excluding hydrogens is 486 g/mol. The molecule has 2 amide bonds. The number of halogens is 2. The molecule has 1 spiro atoms. The summed E-state index contributed by atoms with van der Waals surface area (Å²) in [5.41, 5.74) is 0.731. The number of amides is 2. The Morgan fingerprint density at radius 3 is 2.70 bits per heavy atom. The highest BCUT2D eigenvalue weighted by molar-refractivity contribution is 5.94. The molecule has 3 aromatic rings. The Kier molecular flexibility index (Phi) is 6.48. The number of rotatable bonds is 7. The van der Waals surface area contributed by atoms with Crippen molar-refractivity contribution in [2.75, 3.05) is 20.8 Å². The zero-order valence-corrected chi connectivity index (χ0v) is 20.4. The van der Waals surface area contributed by atoms with Gasteiger partial charge in [-0.25, -0.2) is 13.8 Å². The number of pyridine rings is 2. The number of aromatic nitrogens is 4. The Bertz CT molecular complexity index is 1340. The quantitative estimate of drug-likeness (QED) is 0.499. The van der Waals surface area contributed by atoms with Crippen LogP contribution in [0.15, 0.2) is 30.6 Å². The van der Waals surface area contributed by atoms with Crippen LogP contribution in [0, 0.1) is 17.6 Å². The summed E-state index contributed by atoms with van der Waals surface area (Å²) in [5, 5.41) is 9.71. The molecule has 37 heavy (non-hydrogen) atoms. The summed E-state index contributed by atoms with van der Waals surface area (Å²) in [4.78, 5) is 35.9.